The Morgan fingerprint density at radius 3 is 2.44 bits per heavy atom. The molecule has 3 heterocycles. The van der Waals surface area contributed by atoms with Gasteiger partial charge in [0.05, 0.1) is 12.8 Å². The summed E-state index contributed by atoms with van der Waals surface area (Å²) in [4.78, 5) is 17.2. The Kier molecular flexibility index (Phi) is 5.43. The number of anilines is 3. The number of rotatable bonds is 6. The molecule has 0 fully saturated rings. The molecule has 0 aliphatic rings. The summed E-state index contributed by atoms with van der Waals surface area (Å²) in [5.41, 5.74) is 5.12. The van der Waals surface area contributed by atoms with E-state index in [2.05, 4.69) is 25.9 Å². The van der Waals surface area contributed by atoms with E-state index in [1.165, 1.54) is 0 Å². The molecule has 34 heavy (non-hydrogen) atoms. The standard InChI is InChI=1S/C25H22N6O3/c1-15-23(16(2)34-30-15)28-24(32)18-7-11-19(12-8-18)26-25-27-22-6-4-5-21(31(22)29-25)17-9-13-20(33-3)14-10-17/h4-14H,1-3H3,(H,26,29)(H,28,32). The van der Waals surface area contributed by atoms with Crippen molar-refractivity contribution in [1.82, 2.24) is 19.8 Å². The molecular formula is C25H22N6O3. The topological polar surface area (TPSA) is 107 Å². The number of nitrogens with one attached hydrogen (secondary N) is 2. The lowest BCUT2D eigenvalue weighted by Crippen LogP contribution is -2.12. The minimum atomic E-state index is -0.240. The average Bonchev–Trinajstić information content (AvgIpc) is 3.42. The number of aryl methyl sites for hydroxylation is 2. The van der Waals surface area contributed by atoms with Crippen molar-refractivity contribution in [2.45, 2.75) is 13.8 Å². The van der Waals surface area contributed by atoms with Crippen molar-refractivity contribution in [1.29, 1.82) is 0 Å². The fraction of sp³-hybridized carbons (Fsp3) is 0.120. The van der Waals surface area contributed by atoms with Crippen LogP contribution in [0.5, 0.6) is 5.75 Å². The van der Waals surface area contributed by atoms with E-state index in [9.17, 15) is 4.79 Å². The van der Waals surface area contributed by atoms with Crippen molar-refractivity contribution in [3.63, 3.8) is 0 Å². The molecule has 0 atom stereocenters. The van der Waals surface area contributed by atoms with E-state index in [-0.39, 0.29) is 5.91 Å². The Hall–Kier alpha value is -4.66. The molecule has 0 spiro atoms. The number of aromatic nitrogens is 4. The molecule has 0 saturated heterocycles. The van der Waals surface area contributed by atoms with Gasteiger partial charge in [0.1, 0.15) is 17.1 Å². The molecule has 9 heteroatoms. The largest absolute Gasteiger partial charge is 0.497 e. The predicted molar refractivity (Wildman–Crippen MR) is 129 cm³/mol. The molecule has 9 nitrogen and oxygen atoms in total. The second kappa shape index (κ2) is 8.70. The fourth-order valence-electron chi connectivity index (χ4n) is 3.62. The van der Waals surface area contributed by atoms with Crippen molar-refractivity contribution in [2.75, 3.05) is 17.7 Å². The highest BCUT2D eigenvalue weighted by molar-refractivity contribution is 6.05. The third-order valence-corrected chi connectivity index (χ3v) is 5.42. The summed E-state index contributed by atoms with van der Waals surface area (Å²) in [6.45, 7) is 3.53. The van der Waals surface area contributed by atoms with Crippen LogP contribution in [0.1, 0.15) is 21.8 Å². The summed E-state index contributed by atoms with van der Waals surface area (Å²) in [6.07, 6.45) is 0. The summed E-state index contributed by atoms with van der Waals surface area (Å²) < 4.78 is 12.1. The Bertz CT molecular complexity index is 1450. The SMILES string of the molecule is COc1ccc(-c2cccc3nc(Nc4ccc(C(=O)Nc5c(C)noc5C)cc4)nn23)cc1. The number of hydrogen-bond acceptors (Lipinski definition) is 7. The number of amides is 1. The normalized spacial score (nSPS) is 10.9. The molecule has 0 aliphatic heterocycles. The smallest absolute Gasteiger partial charge is 0.255 e. The highest BCUT2D eigenvalue weighted by atomic mass is 16.5. The number of pyridine rings is 1. The Morgan fingerprint density at radius 1 is 1.00 bits per heavy atom. The van der Waals surface area contributed by atoms with E-state index in [1.807, 2.05) is 42.5 Å². The molecular weight excluding hydrogens is 432 g/mol. The second-order valence-electron chi connectivity index (χ2n) is 7.70. The highest BCUT2D eigenvalue weighted by Crippen LogP contribution is 2.25. The van der Waals surface area contributed by atoms with E-state index in [0.29, 0.717) is 34.3 Å². The van der Waals surface area contributed by atoms with Crippen LogP contribution in [-0.2, 0) is 0 Å². The van der Waals surface area contributed by atoms with Crippen LogP contribution in [0.4, 0.5) is 17.3 Å². The first-order valence-corrected chi connectivity index (χ1v) is 10.6. The number of carbonyl (C=O) groups excluding carboxylic acids is 1. The zero-order chi connectivity index (χ0) is 23.7. The van der Waals surface area contributed by atoms with Crippen molar-refractivity contribution >= 4 is 28.9 Å². The van der Waals surface area contributed by atoms with Gasteiger partial charge in [0, 0.05) is 16.8 Å². The number of fused-ring (bicyclic) bond motifs is 1. The van der Waals surface area contributed by atoms with E-state index in [0.717, 1.165) is 22.7 Å². The third-order valence-electron chi connectivity index (χ3n) is 5.42. The van der Waals surface area contributed by atoms with Gasteiger partial charge in [-0.2, -0.15) is 4.98 Å². The van der Waals surface area contributed by atoms with Crippen LogP contribution < -0.4 is 15.4 Å². The summed E-state index contributed by atoms with van der Waals surface area (Å²) in [5, 5.41) is 14.5. The molecule has 5 rings (SSSR count). The van der Waals surface area contributed by atoms with Gasteiger partial charge in [-0.05, 0) is 74.5 Å². The van der Waals surface area contributed by atoms with E-state index in [1.54, 1.807) is 49.7 Å². The summed E-state index contributed by atoms with van der Waals surface area (Å²) in [6, 6.07) is 20.7. The van der Waals surface area contributed by atoms with Crippen LogP contribution in [0.25, 0.3) is 16.9 Å². The van der Waals surface area contributed by atoms with E-state index in [4.69, 9.17) is 9.26 Å². The minimum absolute atomic E-state index is 0.240. The summed E-state index contributed by atoms with van der Waals surface area (Å²) in [5.74, 6) is 1.57. The number of ether oxygens (including phenoxy) is 1. The van der Waals surface area contributed by atoms with Gasteiger partial charge in [-0.15, -0.1) is 5.10 Å². The quantitative estimate of drug-likeness (QED) is 0.372. The Balaban J connectivity index is 1.34. The van der Waals surface area contributed by atoms with Crippen LogP contribution in [-0.4, -0.2) is 32.8 Å². The van der Waals surface area contributed by atoms with Crippen LogP contribution in [0.2, 0.25) is 0 Å². The molecule has 0 radical (unpaired) electrons. The van der Waals surface area contributed by atoms with Crippen LogP contribution in [0.15, 0.2) is 71.3 Å². The van der Waals surface area contributed by atoms with Crippen LogP contribution in [0.3, 0.4) is 0 Å². The lowest BCUT2D eigenvalue weighted by atomic mass is 10.1. The van der Waals surface area contributed by atoms with E-state index >= 15 is 0 Å². The van der Waals surface area contributed by atoms with Gasteiger partial charge in [-0.3, -0.25) is 4.79 Å². The first-order chi connectivity index (χ1) is 16.5. The molecule has 0 unspecified atom stereocenters. The molecule has 1 amide bonds. The summed E-state index contributed by atoms with van der Waals surface area (Å²) in [7, 11) is 1.64. The number of methoxy groups -OCH3 is 1. The first kappa shape index (κ1) is 21.2. The maximum atomic E-state index is 12.6. The molecule has 5 aromatic rings. The first-order valence-electron chi connectivity index (χ1n) is 10.6. The van der Waals surface area contributed by atoms with Crippen LogP contribution >= 0.6 is 0 Å². The van der Waals surface area contributed by atoms with Gasteiger partial charge < -0.3 is 19.9 Å². The number of hydrogen-bond donors (Lipinski definition) is 2. The van der Waals surface area contributed by atoms with Crippen molar-refractivity contribution < 1.29 is 14.1 Å². The van der Waals surface area contributed by atoms with Gasteiger partial charge in [-0.25, -0.2) is 4.52 Å². The lowest BCUT2D eigenvalue weighted by molar-refractivity contribution is 0.102. The number of benzene rings is 2. The predicted octanol–water partition coefficient (Wildman–Crippen LogP) is 5.01. The highest BCUT2D eigenvalue weighted by Gasteiger charge is 2.14. The molecule has 2 aromatic carbocycles. The zero-order valence-electron chi connectivity index (χ0n) is 18.9. The minimum Gasteiger partial charge on any atom is -0.497 e. The van der Waals surface area contributed by atoms with Crippen molar-refractivity contribution in [2.24, 2.45) is 0 Å². The van der Waals surface area contributed by atoms with Gasteiger partial charge in [0.25, 0.3) is 5.91 Å². The number of carbonyl (C=O) groups is 1. The molecule has 3 aromatic heterocycles. The molecule has 0 aliphatic carbocycles. The second-order valence-corrected chi connectivity index (χ2v) is 7.70. The van der Waals surface area contributed by atoms with Gasteiger partial charge in [0.2, 0.25) is 5.95 Å². The third kappa shape index (κ3) is 4.06. The average molecular weight is 454 g/mol. The van der Waals surface area contributed by atoms with E-state index < -0.39 is 0 Å². The molecule has 170 valence electrons. The molecule has 0 bridgehead atoms. The zero-order valence-corrected chi connectivity index (χ0v) is 18.9. The van der Waals surface area contributed by atoms with Crippen molar-refractivity contribution in [3.8, 4) is 17.0 Å². The van der Waals surface area contributed by atoms with Crippen molar-refractivity contribution in [3.05, 3.63) is 83.7 Å². The Labute approximate surface area is 195 Å². The van der Waals surface area contributed by atoms with Gasteiger partial charge in [0.15, 0.2) is 11.4 Å². The maximum Gasteiger partial charge on any atom is 0.255 e. The van der Waals surface area contributed by atoms with Crippen LogP contribution in [0, 0.1) is 13.8 Å². The fourth-order valence-corrected chi connectivity index (χ4v) is 3.62. The maximum absolute atomic E-state index is 12.6. The monoisotopic (exact) mass is 454 g/mol. The number of nitrogens with zero attached hydrogens (tertiary/aromatic N) is 4. The molecule has 0 saturated carbocycles. The van der Waals surface area contributed by atoms with Gasteiger partial charge in [-0.1, -0.05) is 11.2 Å². The Morgan fingerprint density at radius 2 is 1.76 bits per heavy atom. The lowest BCUT2D eigenvalue weighted by Gasteiger charge is -2.06. The molecule has 2 N–H and O–H groups in total. The summed E-state index contributed by atoms with van der Waals surface area (Å²) >= 11 is 0. The van der Waals surface area contributed by atoms with Gasteiger partial charge >= 0.3 is 0 Å².